The average Bonchev–Trinajstić information content (AvgIpc) is 3.21. The third kappa shape index (κ3) is 5.25. The van der Waals surface area contributed by atoms with Gasteiger partial charge in [-0.15, -0.1) is 5.10 Å². The predicted molar refractivity (Wildman–Crippen MR) is 117 cm³/mol. The minimum absolute atomic E-state index is 0.147. The highest BCUT2D eigenvalue weighted by Gasteiger charge is 2.27. The number of hydrogen-bond donors (Lipinski definition) is 0. The van der Waals surface area contributed by atoms with E-state index in [9.17, 15) is 4.79 Å². The maximum absolute atomic E-state index is 13.0. The molecule has 1 aliphatic heterocycles. The molecule has 1 amide bonds. The van der Waals surface area contributed by atoms with Crippen LogP contribution in [0.15, 0.2) is 65.8 Å². The van der Waals surface area contributed by atoms with Crippen LogP contribution in [0.4, 0.5) is 0 Å². The number of benzene rings is 2. The summed E-state index contributed by atoms with van der Waals surface area (Å²) >= 11 is 1.42. The summed E-state index contributed by atoms with van der Waals surface area (Å²) in [7, 11) is 0. The highest BCUT2D eigenvalue weighted by atomic mass is 32.2. The Hall–Kier alpha value is -2.71. The van der Waals surface area contributed by atoms with E-state index in [1.807, 2.05) is 48.2 Å². The van der Waals surface area contributed by atoms with Crippen LogP contribution in [0.1, 0.15) is 18.1 Å². The maximum atomic E-state index is 13.0. The van der Waals surface area contributed by atoms with Crippen LogP contribution in [-0.2, 0) is 17.9 Å². The Morgan fingerprint density at radius 3 is 2.17 bits per heavy atom. The molecule has 3 aromatic rings. The fraction of sp³-hybridized carbons (Fsp3) is 0.364. The summed E-state index contributed by atoms with van der Waals surface area (Å²) in [6.45, 7) is 6.76. The molecule has 30 heavy (non-hydrogen) atoms. The van der Waals surface area contributed by atoms with Gasteiger partial charge in [-0.3, -0.25) is 9.69 Å². The molecule has 156 valence electrons. The van der Waals surface area contributed by atoms with E-state index in [-0.39, 0.29) is 11.2 Å². The lowest BCUT2D eigenvalue weighted by Crippen LogP contribution is -2.50. The van der Waals surface area contributed by atoms with Gasteiger partial charge in [-0.05, 0) is 28.5 Å². The van der Waals surface area contributed by atoms with Gasteiger partial charge >= 0.3 is 0 Å². The molecule has 8 heteroatoms. The zero-order chi connectivity index (χ0) is 20.8. The zero-order valence-corrected chi connectivity index (χ0v) is 17.9. The Morgan fingerprint density at radius 2 is 1.53 bits per heavy atom. The molecular formula is C22H26N6OS. The minimum atomic E-state index is -0.230. The van der Waals surface area contributed by atoms with Gasteiger partial charge in [0.2, 0.25) is 11.1 Å². The average molecular weight is 423 g/mol. The quantitative estimate of drug-likeness (QED) is 0.545. The number of nitrogens with zero attached hydrogens (tertiary/aromatic N) is 6. The first-order valence-corrected chi connectivity index (χ1v) is 11.1. The van der Waals surface area contributed by atoms with Crippen molar-refractivity contribution in [1.29, 1.82) is 0 Å². The lowest BCUT2D eigenvalue weighted by molar-refractivity contribution is -0.132. The molecule has 1 aromatic heterocycles. The summed E-state index contributed by atoms with van der Waals surface area (Å²) in [4.78, 5) is 17.3. The molecule has 2 heterocycles. The fourth-order valence-corrected chi connectivity index (χ4v) is 4.44. The van der Waals surface area contributed by atoms with Gasteiger partial charge in [0.25, 0.3) is 0 Å². The van der Waals surface area contributed by atoms with Crippen LogP contribution in [0, 0.1) is 0 Å². The van der Waals surface area contributed by atoms with Gasteiger partial charge in [0, 0.05) is 32.7 Å². The van der Waals surface area contributed by atoms with Crippen LogP contribution in [-0.4, -0.2) is 67.3 Å². The van der Waals surface area contributed by atoms with E-state index in [0.717, 1.165) is 38.3 Å². The van der Waals surface area contributed by atoms with E-state index in [0.29, 0.717) is 11.7 Å². The molecule has 1 atom stereocenters. The molecular weight excluding hydrogens is 396 g/mol. The Labute approximate surface area is 181 Å². The standard InChI is InChI=1S/C22H26N6OS/c1-18(30-22-23-24-25-28(22)17-20-10-6-3-7-11-20)21(29)27-14-12-26(13-15-27)16-19-8-4-2-5-9-19/h2-11,18H,12-17H2,1H3. The predicted octanol–water partition coefficient (Wildman–Crippen LogP) is 2.55. The van der Waals surface area contributed by atoms with Crippen molar-refractivity contribution in [3.05, 3.63) is 71.8 Å². The van der Waals surface area contributed by atoms with Crippen molar-refractivity contribution < 1.29 is 4.79 Å². The molecule has 2 aromatic carbocycles. The number of carbonyl (C=O) groups is 1. The molecule has 0 N–H and O–H groups in total. The summed E-state index contributed by atoms with van der Waals surface area (Å²) < 4.78 is 1.75. The van der Waals surface area contributed by atoms with Crippen LogP contribution in [0.2, 0.25) is 0 Å². The van der Waals surface area contributed by atoms with Crippen LogP contribution < -0.4 is 0 Å². The second-order valence-corrected chi connectivity index (χ2v) is 8.76. The highest BCUT2D eigenvalue weighted by Crippen LogP contribution is 2.23. The Balaban J connectivity index is 1.29. The van der Waals surface area contributed by atoms with Crippen molar-refractivity contribution in [3.8, 4) is 0 Å². The first-order chi connectivity index (χ1) is 14.7. The van der Waals surface area contributed by atoms with E-state index < -0.39 is 0 Å². The van der Waals surface area contributed by atoms with E-state index in [1.54, 1.807) is 4.68 Å². The molecule has 1 aliphatic rings. The largest absolute Gasteiger partial charge is 0.339 e. The fourth-order valence-electron chi connectivity index (χ4n) is 3.57. The number of tetrazole rings is 1. The van der Waals surface area contributed by atoms with Crippen LogP contribution >= 0.6 is 11.8 Å². The van der Waals surface area contributed by atoms with Gasteiger partial charge in [-0.1, -0.05) is 72.4 Å². The zero-order valence-electron chi connectivity index (χ0n) is 17.1. The van der Waals surface area contributed by atoms with Crippen molar-refractivity contribution in [3.63, 3.8) is 0 Å². The lowest BCUT2D eigenvalue weighted by Gasteiger charge is -2.35. The van der Waals surface area contributed by atoms with Gasteiger partial charge in [0.1, 0.15) is 0 Å². The molecule has 1 fully saturated rings. The Kier molecular flexibility index (Phi) is 6.76. The summed E-state index contributed by atoms with van der Waals surface area (Å²) in [6.07, 6.45) is 0. The normalized spacial score (nSPS) is 15.8. The van der Waals surface area contributed by atoms with E-state index in [1.165, 1.54) is 17.3 Å². The summed E-state index contributed by atoms with van der Waals surface area (Å²) in [6, 6.07) is 20.5. The molecule has 0 bridgehead atoms. The second-order valence-electron chi connectivity index (χ2n) is 7.45. The number of thioether (sulfide) groups is 1. The van der Waals surface area contributed by atoms with Crippen molar-refractivity contribution in [2.45, 2.75) is 30.4 Å². The molecule has 0 spiro atoms. The van der Waals surface area contributed by atoms with Gasteiger partial charge < -0.3 is 4.90 Å². The topological polar surface area (TPSA) is 67.2 Å². The van der Waals surface area contributed by atoms with E-state index in [4.69, 9.17) is 0 Å². The van der Waals surface area contributed by atoms with Crippen molar-refractivity contribution in [1.82, 2.24) is 30.0 Å². The molecule has 0 radical (unpaired) electrons. The van der Waals surface area contributed by atoms with E-state index >= 15 is 0 Å². The SMILES string of the molecule is CC(Sc1nnnn1Cc1ccccc1)C(=O)N1CCN(Cc2ccccc2)CC1. The number of hydrogen-bond acceptors (Lipinski definition) is 6. The third-order valence-corrected chi connectivity index (χ3v) is 6.30. The first-order valence-electron chi connectivity index (χ1n) is 10.2. The summed E-state index contributed by atoms with van der Waals surface area (Å²) in [5.41, 5.74) is 2.44. The van der Waals surface area contributed by atoms with Gasteiger partial charge in [0.15, 0.2) is 0 Å². The number of rotatable bonds is 7. The second kappa shape index (κ2) is 9.86. The molecule has 1 unspecified atom stereocenters. The molecule has 0 saturated carbocycles. The van der Waals surface area contributed by atoms with Crippen LogP contribution in [0.5, 0.6) is 0 Å². The summed E-state index contributed by atoms with van der Waals surface area (Å²) in [5, 5.41) is 12.5. The van der Waals surface area contributed by atoms with E-state index in [2.05, 4.69) is 44.7 Å². The van der Waals surface area contributed by atoms with Crippen molar-refractivity contribution in [2.24, 2.45) is 0 Å². The van der Waals surface area contributed by atoms with Crippen molar-refractivity contribution >= 4 is 17.7 Å². The van der Waals surface area contributed by atoms with Gasteiger partial charge in [-0.25, -0.2) is 4.68 Å². The van der Waals surface area contributed by atoms with Crippen LogP contribution in [0.25, 0.3) is 0 Å². The van der Waals surface area contributed by atoms with Gasteiger partial charge in [0.05, 0.1) is 11.8 Å². The van der Waals surface area contributed by atoms with Gasteiger partial charge in [-0.2, -0.15) is 0 Å². The minimum Gasteiger partial charge on any atom is -0.339 e. The summed E-state index contributed by atoms with van der Waals surface area (Å²) in [5.74, 6) is 0.147. The molecule has 0 aliphatic carbocycles. The number of piperazine rings is 1. The molecule has 4 rings (SSSR count). The monoisotopic (exact) mass is 422 g/mol. The number of carbonyl (C=O) groups excluding carboxylic acids is 1. The number of amides is 1. The highest BCUT2D eigenvalue weighted by molar-refractivity contribution is 8.00. The lowest BCUT2D eigenvalue weighted by atomic mass is 10.2. The third-order valence-electron chi connectivity index (χ3n) is 5.24. The molecule has 1 saturated heterocycles. The van der Waals surface area contributed by atoms with Crippen LogP contribution in [0.3, 0.4) is 0 Å². The molecule has 7 nitrogen and oxygen atoms in total. The number of aromatic nitrogens is 4. The first kappa shape index (κ1) is 20.6. The Bertz CT molecular complexity index is 941. The van der Waals surface area contributed by atoms with Crippen molar-refractivity contribution in [2.75, 3.05) is 26.2 Å². The smallest absolute Gasteiger partial charge is 0.235 e. The Morgan fingerprint density at radius 1 is 0.933 bits per heavy atom. The maximum Gasteiger partial charge on any atom is 0.235 e.